The van der Waals surface area contributed by atoms with Crippen LogP contribution in [-0.2, 0) is 15.8 Å². The van der Waals surface area contributed by atoms with Gasteiger partial charge in [-0.05, 0) is 36.5 Å². The Morgan fingerprint density at radius 3 is 2.75 bits per heavy atom. The lowest BCUT2D eigenvalue weighted by molar-refractivity contribution is 0.239. The van der Waals surface area contributed by atoms with Crippen molar-refractivity contribution in [1.29, 1.82) is 0 Å². The highest BCUT2D eigenvalue weighted by Gasteiger charge is 2.29. The monoisotopic (exact) mass is 296 g/mol. The maximum absolute atomic E-state index is 12.5. The number of sulfonamides is 1. The molecule has 1 fully saturated rings. The van der Waals surface area contributed by atoms with E-state index in [4.69, 9.17) is 5.73 Å². The predicted octanol–water partition coefficient (Wildman–Crippen LogP) is 2.61. The summed E-state index contributed by atoms with van der Waals surface area (Å²) in [6.07, 6.45) is 4.26. The van der Waals surface area contributed by atoms with E-state index < -0.39 is 10.0 Å². The van der Waals surface area contributed by atoms with Gasteiger partial charge in [0.05, 0.1) is 5.75 Å². The van der Waals surface area contributed by atoms with E-state index in [1.165, 1.54) is 6.42 Å². The van der Waals surface area contributed by atoms with Gasteiger partial charge in [0, 0.05) is 18.8 Å². The second-order valence-electron chi connectivity index (χ2n) is 5.94. The first-order valence-electron chi connectivity index (χ1n) is 7.18. The normalized spacial score (nSPS) is 23.9. The minimum absolute atomic E-state index is 0.0272. The maximum Gasteiger partial charge on any atom is 0.218 e. The number of hydrogen-bond donors (Lipinski definition) is 1. The average molecular weight is 296 g/mol. The van der Waals surface area contributed by atoms with Crippen molar-refractivity contribution in [3.8, 4) is 0 Å². The van der Waals surface area contributed by atoms with Crippen molar-refractivity contribution in [1.82, 2.24) is 4.31 Å². The van der Waals surface area contributed by atoms with Crippen molar-refractivity contribution in [2.45, 2.75) is 44.4 Å². The van der Waals surface area contributed by atoms with Crippen molar-refractivity contribution in [3.63, 3.8) is 0 Å². The van der Waals surface area contributed by atoms with E-state index >= 15 is 0 Å². The summed E-state index contributed by atoms with van der Waals surface area (Å²) in [6, 6.07) is 7.25. The zero-order valence-electron chi connectivity index (χ0n) is 12.2. The van der Waals surface area contributed by atoms with Gasteiger partial charge in [-0.2, -0.15) is 0 Å². The summed E-state index contributed by atoms with van der Waals surface area (Å²) >= 11 is 0. The molecule has 2 atom stereocenters. The van der Waals surface area contributed by atoms with E-state index in [0.717, 1.165) is 24.8 Å². The predicted molar refractivity (Wildman–Crippen MR) is 82.7 cm³/mol. The number of hydrogen-bond acceptors (Lipinski definition) is 3. The van der Waals surface area contributed by atoms with Gasteiger partial charge in [-0.3, -0.25) is 0 Å². The summed E-state index contributed by atoms with van der Waals surface area (Å²) in [5.41, 5.74) is 7.06. The van der Waals surface area contributed by atoms with E-state index in [1.54, 1.807) is 29.6 Å². The van der Waals surface area contributed by atoms with Crippen LogP contribution in [0.5, 0.6) is 0 Å². The molecule has 1 aliphatic rings. The molecular formula is C15H24N2O2S. The van der Waals surface area contributed by atoms with Crippen LogP contribution in [0.4, 0.5) is 5.69 Å². The second kappa shape index (κ2) is 6.14. The van der Waals surface area contributed by atoms with E-state index in [9.17, 15) is 8.42 Å². The zero-order valence-corrected chi connectivity index (χ0v) is 13.1. The summed E-state index contributed by atoms with van der Waals surface area (Å²) in [7, 11) is -1.56. The molecule has 1 aromatic rings. The molecule has 0 bridgehead atoms. The molecule has 1 saturated carbocycles. The van der Waals surface area contributed by atoms with E-state index in [1.807, 2.05) is 6.07 Å². The molecule has 2 unspecified atom stereocenters. The smallest absolute Gasteiger partial charge is 0.218 e. The zero-order chi connectivity index (χ0) is 14.8. The van der Waals surface area contributed by atoms with Crippen LogP contribution in [0, 0.1) is 5.92 Å². The minimum atomic E-state index is -3.28. The summed E-state index contributed by atoms with van der Waals surface area (Å²) in [6.45, 7) is 2.20. The second-order valence-corrected chi connectivity index (χ2v) is 7.97. The van der Waals surface area contributed by atoms with Crippen molar-refractivity contribution in [2.24, 2.45) is 5.92 Å². The van der Waals surface area contributed by atoms with Crippen molar-refractivity contribution in [3.05, 3.63) is 29.8 Å². The molecule has 0 heterocycles. The van der Waals surface area contributed by atoms with Gasteiger partial charge in [-0.25, -0.2) is 12.7 Å². The average Bonchev–Trinajstić information content (AvgIpc) is 2.37. The van der Waals surface area contributed by atoms with Crippen LogP contribution in [0.3, 0.4) is 0 Å². The molecule has 5 heteroatoms. The lowest BCUT2D eigenvalue weighted by Gasteiger charge is -2.33. The molecule has 0 saturated heterocycles. The van der Waals surface area contributed by atoms with Crippen molar-refractivity contribution in [2.75, 3.05) is 12.8 Å². The van der Waals surface area contributed by atoms with Crippen LogP contribution in [0.1, 0.15) is 38.2 Å². The highest BCUT2D eigenvalue weighted by molar-refractivity contribution is 7.88. The molecule has 2 rings (SSSR count). The third-order valence-corrected chi connectivity index (χ3v) is 6.04. The van der Waals surface area contributed by atoms with Crippen LogP contribution in [0.15, 0.2) is 24.3 Å². The van der Waals surface area contributed by atoms with Crippen molar-refractivity contribution < 1.29 is 8.42 Å². The fourth-order valence-electron chi connectivity index (χ4n) is 2.95. The van der Waals surface area contributed by atoms with Crippen molar-refractivity contribution >= 4 is 15.7 Å². The minimum Gasteiger partial charge on any atom is -0.399 e. The van der Waals surface area contributed by atoms with Crippen LogP contribution in [0.2, 0.25) is 0 Å². The molecule has 20 heavy (non-hydrogen) atoms. The first-order valence-corrected chi connectivity index (χ1v) is 8.79. The first kappa shape index (κ1) is 15.3. The highest BCUT2D eigenvalue weighted by atomic mass is 32.2. The summed E-state index contributed by atoms with van der Waals surface area (Å²) in [5.74, 6) is 0.637. The van der Waals surface area contributed by atoms with Crippen LogP contribution in [-0.4, -0.2) is 25.8 Å². The molecule has 2 N–H and O–H groups in total. The first-order chi connectivity index (χ1) is 9.38. The molecule has 1 aromatic carbocycles. The Balaban J connectivity index is 2.09. The number of benzene rings is 1. The quantitative estimate of drug-likeness (QED) is 0.869. The molecule has 0 aliphatic heterocycles. The Hall–Kier alpha value is -1.07. The fourth-order valence-corrected chi connectivity index (χ4v) is 4.40. The van der Waals surface area contributed by atoms with Gasteiger partial charge in [0.2, 0.25) is 10.0 Å². The van der Waals surface area contributed by atoms with Gasteiger partial charge >= 0.3 is 0 Å². The van der Waals surface area contributed by atoms with Gasteiger partial charge < -0.3 is 5.73 Å². The lowest BCUT2D eigenvalue weighted by Crippen LogP contribution is -2.40. The molecule has 0 spiro atoms. The van der Waals surface area contributed by atoms with Gasteiger partial charge in [0.15, 0.2) is 0 Å². The number of nitrogens with zero attached hydrogens (tertiary/aromatic N) is 1. The van der Waals surface area contributed by atoms with Crippen LogP contribution < -0.4 is 5.73 Å². The Kier molecular flexibility index (Phi) is 4.70. The molecule has 1 aliphatic carbocycles. The molecule has 0 aromatic heterocycles. The van der Waals surface area contributed by atoms with Gasteiger partial charge in [0.25, 0.3) is 0 Å². The maximum atomic E-state index is 12.5. The molecule has 112 valence electrons. The molecule has 0 radical (unpaired) electrons. The third kappa shape index (κ3) is 3.73. The standard InChI is InChI=1S/C15H24N2O2S/c1-12-5-3-8-15(9-12)17(2)20(18,19)11-13-6-4-7-14(16)10-13/h4,6-7,10,12,15H,3,5,8-9,11,16H2,1-2H3. The summed E-state index contributed by atoms with van der Waals surface area (Å²) in [4.78, 5) is 0. The number of anilines is 1. The van der Waals surface area contributed by atoms with Gasteiger partial charge in [0.1, 0.15) is 0 Å². The topological polar surface area (TPSA) is 63.4 Å². The van der Waals surface area contributed by atoms with Crippen LogP contribution in [0.25, 0.3) is 0 Å². The lowest BCUT2D eigenvalue weighted by atomic mass is 9.87. The number of nitrogen functional groups attached to an aromatic ring is 1. The Morgan fingerprint density at radius 1 is 1.35 bits per heavy atom. The van der Waals surface area contributed by atoms with E-state index in [-0.39, 0.29) is 11.8 Å². The summed E-state index contributed by atoms with van der Waals surface area (Å²) in [5, 5.41) is 0. The number of nitrogens with two attached hydrogens (primary N) is 1. The Labute approximate surface area is 122 Å². The Bertz CT molecular complexity index is 557. The Morgan fingerprint density at radius 2 is 2.10 bits per heavy atom. The fraction of sp³-hybridized carbons (Fsp3) is 0.600. The van der Waals surface area contributed by atoms with E-state index in [2.05, 4.69) is 6.92 Å². The van der Waals surface area contributed by atoms with Gasteiger partial charge in [-0.1, -0.05) is 31.9 Å². The van der Waals surface area contributed by atoms with Crippen LogP contribution >= 0.6 is 0 Å². The molecular weight excluding hydrogens is 272 g/mol. The number of rotatable bonds is 4. The highest BCUT2D eigenvalue weighted by Crippen LogP contribution is 2.28. The molecule has 0 amide bonds. The largest absolute Gasteiger partial charge is 0.399 e. The van der Waals surface area contributed by atoms with E-state index in [0.29, 0.717) is 11.6 Å². The summed E-state index contributed by atoms with van der Waals surface area (Å²) < 4.78 is 26.6. The van der Waals surface area contributed by atoms with Gasteiger partial charge in [-0.15, -0.1) is 0 Å². The SMILES string of the molecule is CC1CCCC(N(C)S(=O)(=O)Cc2cccc(N)c2)C1. The third-order valence-electron chi connectivity index (χ3n) is 4.16. The molecule has 4 nitrogen and oxygen atoms in total.